The molecular formula is C12H16F2O7S. The first kappa shape index (κ1) is 17.1. The Morgan fingerprint density at radius 2 is 1.68 bits per heavy atom. The van der Waals surface area contributed by atoms with Crippen molar-refractivity contribution in [3.05, 3.63) is 0 Å². The standard InChI is InChI=1S/C12H16F2O7S/c1-20-10(15)8-6-2-3-7(4-6)9(8)11(16)21-5-12(13,14)22(17,18)19/h6-9H,2-5H2,1H3,(H,17,18,19). The van der Waals surface area contributed by atoms with Gasteiger partial charge in [-0.05, 0) is 31.1 Å². The van der Waals surface area contributed by atoms with E-state index in [2.05, 4.69) is 9.47 Å². The van der Waals surface area contributed by atoms with Gasteiger partial charge in [0.05, 0.1) is 18.9 Å². The third kappa shape index (κ3) is 2.94. The Hall–Kier alpha value is -1.29. The van der Waals surface area contributed by atoms with Crippen molar-refractivity contribution in [2.45, 2.75) is 24.5 Å². The molecule has 0 amide bonds. The van der Waals surface area contributed by atoms with Crippen LogP contribution in [0.25, 0.3) is 0 Å². The summed E-state index contributed by atoms with van der Waals surface area (Å²) in [4.78, 5) is 23.8. The zero-order valence-corrected chi connectivity index (χ0v) is 12.5. The van der Waals surface area contributed by atoms with E-state index in [1.165, 1.54) is 7.11 Å². The van der Waals surface area contributed by atoms with Gasteiger partial charge < -0.3 is 9.47 Å². The van der Waals surface area contributed by atoms with Gasteiger partial charge in [0, 0.05) is 0 Å². The van der Waals surface area contributed by atoms with Gasteiger partial charge in [-0.15, -0.1) is 0 Å². The van der Waals surface area contributed by atoms with Gasteiger partial charge >= 0.3 is 27.3 Å². The molecule has 4 unspecified atom stereocenters. The topological polar surface area (TPSA) is 107 Å². The lowest BCUT2D eigenvalue weighted by Crippen LogP contribution is -2.40. The number of rotatable bonds is 5. The maximum absolute atomic E-state index is 13.1. The lowest BCUT2D eigenvalue weighted by molar-refractivity contribution is -0.165. The second-order valence-electron chi connectivity index (χ2n) is 5.63. The summed E-state index contributed by atoms with van der Waals surface area (Å²) in [5, 5.41) is -4.58. The van der Waals surface area contributed by atoms with Gasteiger partial charge in [-0.2, -0.15) is 17.2 Å². The summed E-state index contributed by atoms with van der Waals surface area (Å²) in [7, 11) is -4.50. The first-order valence-corrected chi connectivity index (χ1v) is 8.12. The second kappa shape index (κ2) is 5.73. The van der Waals surface area contributed by atoms with Crippen LogP contribution in [0, 0.1) is 23.7 Å². The van der Waals surface area contributed by atoms with E-state index >= 15 is 0 Å². The largest absolute Gasteiger partial charge is 0.469 e. The van der Waals surface area contributed by atoms with Gasteiger partial charge in [0.2, 0.25) is 0 Å². The number of esters is 2. The van der Waals surface area contributed by atoms with E-state index in [9.17, 15) is 26.8 Å². The van der Waals surface area contributed by atoms with Crippen molar-refractivity contribution in [3.63, 3.8) is 0 Å². The summed E-state index contributed by atoms with van der Waals surface area (Å²) in [6, 6.07) is 0. The lowest BCUT2D eigenvalue weighted by atomic mass is 9.79. The molecule has 126 valence electrons. The minimum absolute atomic E-state index is 0.0583. The minimum atomic E-state index is -5.67. The Labute approximate surface area is 125 Å². The number of carbonyl (C=O) groups is 2. The monoisotopic (exact) mass is 342 g/mol. The number of ether oxygens (including phenoxy) is 2. The highest BCUT2D eigenvalue weighted by Crippen LogP contribution is 2.53. The van der Waals surface area contributed by atoms with Crippen LogP contribution in [0.15, 0.2) is 0 Å². The molecule has 0 radical (unpaired) electrons. The molecule has 0 aromatic rings. The van der Waals surface area contributed by atoms with Crippen LogP contribution in [-0.2, 0) is 29.2 Å². The number of halogens is 2. The van der Waals surface area contributed by atoms with E-state index in [-0.39, 0.29) is 11.8 Å². The summed E-state index contributed by atoms with van der Waals surface area (Å²) in [5.74, 6) is -3.56. The molecular weight excluding hydrogens is 326 g/mol. The van der Waals surface area contributed by atoms with Crippen molar-refractivity contribution in [1.29, 1.82) is 0 Å². The van der Waals surface area contributed by atoms with E-state index in [0.717, 1.165) is 6.42 Å². The number of fused-ring (bicyclic) bond motifs is 2. The molecule has 2 aliphatic rings. The Balaban J connectivity index is 2.07. The van der Waals surface area contributed by atoms with Gasteiger partial charge in [-0.1, -0.05) is 0 Å². The van der Waals surface area contributed by atoms with Crippen molar-refractivity contribution in [3.8, 4) is 0 Å². The van der Waals surface area contributed by atoms with Crippen LogP contribution < -0.4 is 0 Å². The fourth-order valence-electron chi connectivity index (χ4n) is 3.43. The molecule has 0 aromatic carbocycles. The number of hydrogen-bond acceptors (Lipinski definition) is 6. The zero-order chi connectivity index (χ0) is 16.7. The van der Waals surface area contributed by atoms with E-state index in [1.807, 2.05) is 0 Å². The van der Waals surface area contributed by atoms with Gasteiger partial charge in [0.25, 0.3) is 0 Å². The van der Waals surface area contributed by atoms with Gasteiger partial charge in [0.1, 0.15) is 0 Å². The molecule has 2 aliphatic carbocycles. The van der Waals surface area contributed by atoms with Crippen LogP contribution in [0.3, 0.4) is 0 Å². The highest BCUT2D eigenvalue weighted by molar-refractivity contribution is 7.86. The predicted molar refractivity (Wildman–Crippen MR) is 67.3 cm³/mol. The molecule has 4 atom stereocenters. The average molecular weight is 342 g/mol. The van der Waals surface area contributed by atoms with Gasteiger partial charge in [-0.3, -0.25) is 14.1 Å². The molecule has 0 aromatic heterocycles. The number of hydrogen-bond donors (Lipinski definition) is 1. The molecule has 7 nitrogen and oxygen atoms in total. The summed E-state index contributed by atoms with van der Waals surface area (Å²) in [6.45, 7) is -1.79. The molecule has 0 spiro atoms. The van der Waals surface area contributed by atoms with E-state index < -0.39 is 45.8 Å². The maximum Gasteiger partial charge on any atom is 0.402 e. The van der Waals surface area contributed by atoms with Crippen molar-refractivity contribution in [1.82, 2.24) is 0 Å². The van der Waals surface area contributed by atoms with Crippen LogP contribution in [0.1, 0.15) is 19.3 Å². The smallest absolute Gasteiger partial charge is 0.402 e. The maximum atomic E-state index is 13.1. The quantitative estimate of drug-likeness (QED) is 0.583. The molecule has 0 aliphatic heterocycles. The third-order valence-electron chi connectivity index (χ3n) is 4.42. The van der Waals surface area contributed by atoms with Crippen LogP contribution in [0.5, 0.6) is 0 Å². The van der Waals surface area contributed by atoms with Crippen LogP contribution >= 0.6 is 0 Å². The average Bonchev–Trinajstić information content (AvgIpc) is 3.03. The van der Waals surface area contributed by atoms with Gasteiger partial charge in [0.15, 0.2) is 6.61 Å². The highest BCUT2D eigenvalue weighted by atomic mass is 32.2. The molecule has 2 saturated carbocycles. The van der Waals surface area contributed by atoms with Crippen LogP contribution in [-0.4, -0.2) is 43.9 Å². The normalized spacial score (nSPS) is 31.1. The Kier molecular flexibility index (Phi) is 4.44. The summed E-state index contributed by atoms with van der Waals surface area (Å²) in [5.41, 5.74) is 0. The fraction of sp³-hybridized carbons (Fsp3) is 0.833. The minimum Gasteiger partial charge on any atom is -0.469 e. The lowest BCUT2D eigenvalue weighted by Gasteiger charge is -2.27. The van der Waals surface area contributed by atoms with Crippen LogP contribution in [0.2, 0.25) is 0 Å². The van der Waals surface area contributed by atoms with Crippen molar-refractivity contribution in [2.75, 3.05) is 13.7 Å². The Morgan fingerprint density at radius 1 is 1.18 bits per heavy atom. The summed E-state index contributed by atoms with van der Waals surface area (Å²) < 4.78 is 64.5. The van der Waals surface area contributed by atoms with E-state index in [4.69, 9.17) is 4.55 Å². The van der Waals surface area contributed by atoms with Crippen molar-refractivity contribution < 1.29 is 40.8 Å². The number of carbonyl (C=O) groups excluding carboxylic acids is 2. The molecule has 2 rings (SSSR count). The fourth-order valence-corrected chi connectivity index (χ4v) is 3.64. The van der Waals surface area contributed by atoms with E-state index in [0.29, 0.717) is 12.8 Å². The zero-order valence-electron chi connectivity index (χ0n) is 11.7. The number of alkyl halides is 2. The molecule has 2 fully saturated rings. The van der Waals surface area contributed by atoms with E-state index in [1.54, 1.807) is 0 Å². The molecule has 1 N–H and O–H groups in total. The summed E-state index contributed by atoms with van der Waals surface area (Å²) in [6.07, 6.45) is 2.02. The number of methoxy groups -OCH3 is 1. The molecule has 2 bridgehead atoms. The Bertz CT molecular complexity index is 574. The molecule has 10 heteroatoms. The molecule has 22 heavy (non-hydrogen) atoms. The second-order valence-corrected chi connectivity index (χ2v) is 7.18. The highest BCUT2D eigenvalue weighted by Gasteiger charge is 2.56. The first-order chi connectivity index (χ1) is 10.1. The third-order valence-corrected chi connectivity index (χ3v) is 5.29. The molecule has 0 heterocycles. The SMILES string of the molecule is COC(=O)C1C2CCC(C2)C1C(=O)OCC(F)(F)S(=O)(=O)O. The molecule has 0 saturated heterocycles. The Morgan fingerprint density at radius 3 is 2.14 bits per heavy atom. The van der Waals surface area contributed by atoms with Crippen LogP contribution in [0.4, 0.5) is 8.78 Å². The van der Waals surface area contributed by atoms with Gasteiger partial charge in [-0.25, -0.2) is 0 Å². The van der Waals surface area contributed by atoms with Crippen molar-refractivity contribution in [2.24, 2.45) is 23.7 Å². The predicted octanol–water partition coefficient (Wildman–Crippen LogP) is 0.846. The summed E-state index contributed by atoms with van der Waals surface area (Å²) >= 11 is 0. The van der Waals surface area contributed by atoms with Crippen molar-refractivity contribution >= 4 is 22.1 Å². The first-order valence-electron chi connectivity index (χ1n) is 6.68.